The highest BCUT2D eigenvalue weighted by atomic mass is 79.9. The predicted octanol–water partition coefficient (Wildman–Crippen LogP) is 3.48. The van der Waals surface area contributed by atoms with E-state index in [0.717, 1.165) is 4.47 Å². The Labute approximate surface area is 116 Å². The van der Waals surface area contributed by atoms with Gasteiger partial charge in [0.2, 0.25) is 0 Å². The molecule has 0 aliphatic carbocycles. The Hall–Kier alpha value is -1.20. The first-order valence-corrected chi connectivity index (χ1v) is 7.36. The fourth-order valence-corrected chi connectivity index (χ4v) is 3.50. The molecule has 0 saturated heterocycles. The second-order valence-corrected chi connectivity index (χ2v) is 6.05. The summed E-state index contributed by atoms with van der Waals surface area (Å²) in [5.74, 6) is -0.212. The Bertz CT molecular complexity index is 603. The van der Waals surface area contributed by atoms with Gasteiger partial charge in [0.15, 0.2) is 0 Å². The summed E-state index contributed by atoms with van der Waals surface area (Å²) in [7, 11) is -1.22. The number of nitrogen functional groups attached to an aromatic ring is 1. The van der Waals surface area contributed by atoms with Crippen molar-refractivity contribution in [2.45, 2.75) is 10.6 Å². The molecular formula is C13H11BrFNOS. The molecule has 1 unspecified atom stereocenters. The van der Waals surface area contributed by atoms with Crippen molar-refractivity contribution >= 4 is 32.4 Å². The van der Waals surface area contributed by atoms with Crippen molar-refractivity contribution in [1.82, 2.24) is 0 Å². The summed E-state index contributed by atoms with van der Waals surface area (Å²) in [6.45, 7) is 0. The highest BCUT2D eigenvalue weighted by Gasteiger charge is 2.09. The summed E-state index contributed by atoms with van der Waals surface area (Å²) in [4.78, 5) is 0.703. The third-order valence-electron chi connectivity index (χ3n) is 2.44. The van der Waals surface area contributed by atoms with Gasteiger partial charge in [0, 0.05) is 4.47 Å². The number of nitrogens with two attached hydrogens (primary N) is 1. The molecule has 0 fully saturated rings. The van der Waals surface area contributed by atoms with Gasteiger partial charge < -0.3 is 5.73 Å². The minimum absolute atomic E-state index is 0.102. The van der Waals surface area contributed by atoms with Crippen LogP contribution in [0.2, 0.25) is 0 Å². The molecule has 0 aliphatic heterocycles. The second-order valence-electron chi connectivity index (χ2n) is 3.78. The molecule has 2 nitrogen and oxygen atoms in total. The van der Waals surface area contributed by atoms with E-state index in [1.54, 1.807) is 12.1 Å². The van der Waals surface area contributed by atoms with Crippen LogP contribution in [0.4, 0.5) is 10.1 Å². The first kappa shape index (κ1) is 13.2. The van der Waals surface area contributed by atoms with Crippen LogP contribution >= 0.6 is 15.9 Å². The summed E-state index contributed by atoms with van der Waals surface area (Å²) >= 11 is 3.35. The maximum absolute atomic E-state index is 13.3. The van der Waals surface area contributed by atoms with E-state index in [2.05, 4.69) is 15.9 Å². The molecule has 2 N–H and O–H groups in total. The number of anilines is 1. The first-order valence-electron chi connectivity index (χ1n) is 5.25. The topological polar surface area (TPSA) is 43.1 Å². The van der Waals surface area contributed by atoms with E-state index in [-0.39, 0.29) is 11.4 Å². The van der Waals surface area contributed by atoms with E-state index in [0.29, 0.717) is 10.5 Å². The zero-order valence-corrected chi connectivity index (χ0v) is 11.8. The largest absolute Gasteiger partial charge is 0.396 e. The first-order chi connectivity index (χ1) is 8.58. The molecule has 0 aromatic heterocycles. The van der Waals surface area contributed by atoms with Crippen LogP contribution < -0.4 is 5.73 Å². The molecule has 1 atom stereocenters. The molecule has 0 radical (unpaired) electrons. The quantitative estimate of drug-likeness (QED) is 0.877. The van der Waals surface area contributed by atoms with E-state index in [4.69, 9.17) is 5.73 Å². The van der Waals surface area contributed by atoms with Crippen LogP contribution in [0, 0.1) is 5.82 Å². The number of rotatable bonds is 3. The number of hydrogen-bond acceptors (Lipinski definition) is 2. The Kier molecular flexibility index (Phi) is 4.14. The number of halogens is 2. The Morgan fingerprint density at radius 3 is 2.61 bits per heavy atom. The smallest absolute Gasteiger partial charge is 0.146 e. The molecule has 2 aromatic carbocycles. The van der Waals surface area contributed by atoms with Crippen molar-refractivity contribution in [3.05, 3.63) is 58.3 Å². The molecule has 0 heterocycles. The lowest BCUT2D eigenvalue weighted by atomic mass is 10.2. The lowest BCUT2D eigenvalue weighted by molar-refractivity contribution is 0.631. The molecule has 0 amide bonds. The summed E-state index contributed by atoms with van der Waals surface area (Å²) < 4.78 is 26.2. The SMILES string of the molecule is Nc1ccc(CS(=O)c2ccccc2Br)cc1F. The molecule has 0 aliphatic rings. The monoisotopic (exact) mass is 327 g/mol. The standard InChI is InChI=1S/C13H11BrFNOS/c14-10-3-1-2-4-13(10)18(17)8-9-5-6-12(16)11(15)7-9/h1-7H,8,16H2. The van der Waals surface area contributed by atoms with Gasteiger partial charge in [-0.05, 0) is 45.8 Å². The molecule has 0 spiro atoms. The van der Waals surface area contributed by atoms with Crippen LogP contribution in [0.1, 0.15) is 5.56 Å². The third-order valence-corrected chi connectivity index (χ3v) is 4.84. The van der Waals surface area contributed by atoms with Crippen molar-refractivity contribution in [3.63, 3.8) is 0 Å². The summed E-state index contributed by atoms with van der Waals surface area (Å²) in [6, 6.07) is 11.8. The summed E-state index contributed by atoms with van der Waals surface area (Å²) in [5, 5.41) is 0. The van der Waals surface area contributed by atoms with Gasteiger partial charge in [0.1, 0.15) is 5.82 Å². The maximum atomic E-state index is 13.3. The van der Waals surface area contributed by atoms with Gasteiger partial charge in [0.05, 0.1) is 27.1 Å². The van der Waals surface area contributed by atoms with Gasteiger partial charge in [0.25, 0.3) is 0 Å². The van der Waals surface area contributed by atoms with Gasteiger partial charge in [-0.2, -0.15) is 0 Å². The summed E-state index contributed by atoms with van der Waals surface area (Å²) in [5.41, 5.74) is 6.16. The molecular weight excluding hydrogens is 317 g/mol. The maximum Gasteiger partial charge on any atom is 0.146 e. The Morgan fingerprint density at radius 2 is 1.94 bits per heavy atom. The van der Waals surface area contributed by atoms with Crippen molar-refractivity contribution < 1.29 is 8.60 Å². The molecule has 0 bridgehead atoms. The normalized spacial score (nSPS) is 12.3. The van der Waals surface area contributed by atoms with Crippen LogP contribution in [-0.4, -0.2) is 4.21 Å². The van der Waals surface area contributed by atoms with Gasteiger partial charge in [-0.1, -0.05) is 18.2 Å². The van der Waals surface area contributed by atoms with E-state index in [9.17, 15) is 8.60 Å². The number of benzene rings is 2. The second kappa shape index (κ2) is 5.63. The Balaban J connectivity index is 2.22. The zero-order valence-electron chi connectivity index (χ0n) is 9.40. The lowest BCUT2D eigenvalue weighted by Crippen LogP contribution is -1.99. The fraction of sp³-hybridized carbons (Fsp3) is 0.0769. The van der Waals surface area contributed by atoms with Crippen LogP contribution in [0.15, 0.2) is 51.8 Å². The summed E-state index contributed by atoms with van der Waals surface area (Å²) in [6.07, 6.45) is 0. The lowest BCUT2D eigenvalue weighted by Gasteiger charge is -2.05. The van der Waals surface area contributed by atoms with Gasteiger partial charge in [-0.25, -0.2) is 4.39 Å². The van der Waals surface area contributed by atoms with Crippen molar-refractivity contribution in [2.24, 2.45) is 0 Å². The van der Waals surface area contributed by atoms with Crippen molar-refractivity contribution in [1.29, 1.82) is 0 Å². The minimum Gasteiger partial charge on any atom is -0.396 e. The van der Waals surface area contributed by atoms with Crippen LogP contribution in [0.3, 0.4) is 0 Å². The minimum atomic E-state index is -1.22. The molecule has 18 heavy (non-hydrogen) atoms. The highest BCUT2D eigenvalue weighted by Crippen LogP contribution is 2.22. The van der Waals surface area contributed by atoms with Crippen LogP contribution in [-0.2, 0) is 16.6 Å². The zero-order chi connectivity index (χ0) is 13.1. The van der Waals surface area contributed by atoms with E-state index < -0.39 is 16.6 Å². The van der Waals surface area contributed by atoms with Crippen LogP contribution in [0.5, 0.6) is 0 Å². The third kappa shape index (κ3) is 2.97. The van der Waals surface area contributed by atoms with Crippen LogP contribution in [0.25, 0.3) is 0 Å². The van der Waals surface area contributed by atoms with Crippen molar-refractivity contribution in [2.75, 3.05) is 5.73 Å². The van der Waals surface area contributed by atoms with Crippen molar-refractivity contribution in [3.8, 4) is 0 Å². The molecule has 0 saturated carbocycles. The molecule has 2 aromatic rings. The molecule has 5 heteroatoms. The van der Waals surface area contributed by atoms with Gasteiger partial charge >= 0.3 is 0 Å². The predicted molar refractivity (Wildman–Crippen MR) is 75.1 cm³/mol. The number of hydrogen-bond donors (Lipinski definition) is 1. The highest BCUT2D eigenvalue weighted by molar-refractivity contribution is 9.10. The average molecular weight is 328 g/mol. The van der Waals surface area contributed by atoms with E-state index in [1.807, 2.05) is 18.2 Å². The van der Waals surface area contributed by atoms with E-state index >= 15 is 0 Å². The van der Waals surface area contributed by atoms with E-state index in [1.165, 1.54) is 12.1 Å². The van der Waals surface area contributed by atoms with Gasteiger partial charge in [-0.3, -0.25) is 4.21 Å². The average Bonchev–Trinajstić information content (AvgIpc) is 2.34. The molecule has 2 rings (SSSR count). The Morgan fingerprint density at radius 1 is 1.22 bits per heavy atom. The van der Waals surface area contributed by atoms with Gasteiger partial charge in [-0.15, -0.1) is 0 Å². The molecule has 94 valence electrons. The fourth-order valence-electron chi connectivity index (χ4n) is 1.52.